The molecule has 4 rings (SSSR count). The fourth-order valence-corrected chi connectivity index (χ4v) is 3.89. The van der Waals surface area contributed by atoms with Gasteiger partial charge in [-0.15, -0.1) is 0 Å². The van der Waals surface area contributed by atoms with Gasteiger partial charge in [0.1, 0.15) is 11.8 Å². The molecule has 0 unspecified atom stereocenters. The van der Waals surface area contributed by atoms with Crippen LogP contribution in [0.3, 0.4) is 0 Å². The Kier molecular flexibility index (Phi) is 6.61. The Morgan fingerprint density at radius 1 is 1.19 bits per heavy atom. The first-order chi connectivity index (χ1) is 14.7. The van der Waals surface area contributed by atoms with E-state index < -0.39 is 10.0 Å². The SMILES string of the molecule is CC1CC1.CCn1c(-c2ccc(N(C)S(C)(=O)=O)cc2)c(C#N)c2ccc(OC)cc21. The van der Waals surface area contributed by atoms with E-state index in [4.69, 9.17) is 4.74 Å². The summed E-state index contributed by atoms with van der Waals surface area (Å²) in [6.07, 6.45) is 4.14. The number of anilines is 1. The molecule has 0 atom stereocenters. The number of rotatable bonds is 5. The van der Waals surface area contributed by atoms with E-state index in [1.807, 2.05) is 37.3 Å². The second kappa shape index (κ2) is 9.03. The van der Waals surface area contributed by atoms with Crippen LogP contribution in [-0.4, -0.2) is 33.4 Å². The van der Waals surface area contributed by atoms with Gasteiger partial charge in [0.05, 0.1) is 35.8 Å². The normalized spacial score (nSPS) is 13.3. The molecular formula is C24H29N3O3S. The first kappa shape index (κ1) is 22.7. The van der Waals surface area contributed by atoms with Crippen molar-refractivity contribution in [2.75, 3.05) is 24.7 Å². The minimum atomic E-state index is -3.33. The Morgan fingerprint density at radius 3 is 2.26 bits per heavy atom. The smallest absolute Gasteiger partial charge is 0.231 e. The largest absolute Gasteiger partial charge is 0.497 e. The second-order valence-electron chi connectivity index (χ2n) is 7.92. The fourth-order valence-electron chi connectivity index (χ4n) is 3.39. The molecule has 0 radical (unpaired) electrons. The highest BCUT2D eigenvalue weighted by molar-refractivity contribution is 7.92. The zero-order valence-electron chi connectivity index (χ0n) is 18.7. The van der Waals surface area contributed by atoms with Crippen molar-refractivity contribution in [2.45, 2.75) is 33.2 Å². The van der Waals surface area contributed by atoms with Crippen LogP contribution in [0.1, 0.15) is 32.3 Å². The molecular weight excluding hydrogens is 410 g/mol. The molecule has 1 aliphatic rings. The lowest BCUT2D eigenvalue weighted by Gasteiger charge is -2.17. The standard InChI is InChI=1S/C20H21N3O3S.C4H8/c1-5-23-19-12-16(26-3)10-11-17(19)18(13-21)20(23)14-6-8-15(9-7-14)22(2)27(4,24)25;1-4-2-3-4/h6-12H,5H2,1-4H3;4H,2-3H2,1H3. The van der Waals surface area contributed by atoms with Gasteiger partial charge < -0.3 is 9.30 Å². The van der Waals surface area contributed by atoms with Crippen LogP contribution >= 0.6 is 0 Å². The van der Waals surface area contributed by atoms with Gasteiger partial charge in [0, 0.05) is 25.0 Å². The third kappa shape index (κ3) is 4.86. The molecule has 3 aromatic rings. The molecule has 7 heteroatoms. The third-order valence-corrected chi connectivity index (χ3v) is 6.77. The predicted molar refractivity (Wildman–Crippen MR) is 126 cm³/mol. The Hall–Kier alpha value is -2.98. The summed E-state index contributed by atoms with van der Waals surface area (Å²) in [7, 11) is -0.196. The zero-order valence-corrected chi connectivity index (χ0v) is 19.5. The Morgan fingerprint density at radius 2 is 1.81 bits per heavy atom. The predicted octanol–water partition coefficient (Wildman–Crippen LogP) is 5.02. The zero-order chi connectivity index (χ0) is 22.8. The Balaban J connectivity index is 0.000000610. The number of benzene rings is 2. The van der Waals surface area contributed by atoms with Crippen molar-refractivity contribution in [2.24, 2.45) is 5.92 Å². The van der Waals surface area contributed by atoms with Crippen molar-refractivity contribution in [3.8, 4) is 23.1 Å². The van der Waals surface area contributed by atoms with Crippen molar-refractivity contribution >= 4 is 26.6 Å². The number of sulfonamides is 1. The molecule has 1 heterocycles. The van der Waals surface area contributed by atoms with E-state index in [0.29, 0.717) is 17.8 Å². The van der Waals surface area contributed by atoms with Gasteiger partial charge in [-0.3, -0.25) is 4.31 Å². The summed E-state index contributed by atoms with van der Waals surface area (Å²) < 4.78 is 32.1. The van der Waals surface area contributed by atoms with Crippen molar-refractivity contribution in [1.29, 1.82) is 5.26 Å². The van der Waals surface area contributed by atoms with E-state index >= 15 is 0 Å². The van der Waals surface area contributed by atoms with Gasteiger partial charge in [0.25, 0.3) is 0 Å². The molecule has 164 valence electrons. The van der Waals surface area contributed by atoms with Gasteiger partial charge in [-0.1, -0.05) is 31.9 Å². The average Bonchev–Trinajstić information content (AvgIpc) is 3.48. The molecule has 0 N–H and O–H groups in total. The van der Waals surface area contributed by atoms with E-state index in [9.17, 15) is 13.7 Å². The molecule has 1 fully saturated rings. The molecule has 2 aromatic carbocycles. The highest BCUT2D eigenvalue weighted by Gasteiger charge is 2.19. The van der Waals surface area contributed by atoms with E-state index in [0.717, 1.165) is 40.1 Å². The summed E-state index contributed by atoms with van der Waals surface area (Å²) in [6.45, 7) is 4.99. The second-order valence-corrected chi connectivity index (χ2v) is 9.94. The molecule has 6 nitrogen and oxygen atoms in total. The maximum atomic E-state index is 11.7. The molecule has 0 saturated heterocycles. The van der Waals surface area contributed by atoms with Gasteiger partial charge in [0.2, 0.25) is 10.0 Å². The minimum absolute atomic E-state index is 0.570. The Labute approximate surface area is 184 Å². The molecule has 0 aliphatic heterocycles. The summed E-state index contributed by atoms with van der Waals surface area (Å²) in [6, 6.07) is 15.2. The van der Waals surface area contributed by atoms with Crippen molar-refractivity contribution in [3.05, 3.63) is 48.0 Å². The number of fused-ring (bicyclic) bond motifs is 1. The number of ether oxygens (including phenoxy) is 1. The summed E-state index contributed by atoms with van der Waals surface area (Å²) in [5.74, 6) is 1.82. The van der Waals surface area contributed by atoms with Crippen LogP contribution in [-0.2, 0) is 16.6 Å². The topological polar surface area (TPSA) is 75.3 Å². The molecule has 0 amide bonds. The maximum absolute atomic E-state index is 11.7. The first-order valence-electron chi connectivity index (χ1n) is 10.4. The van der Waals surface area contributed by atoms with Crippen molar-refractivity contribution < 1.29 is 13.2 Å². The van der Waals surface area contributed by atoms with Crippen LogP contribution in [0.5, 0.6) is 5.75 Å². The monoisotopic (exact) mass is 439 g/mol. The lowest BCUT2D eigenvalue weighted by Crippen LogP contribution is -2.24. The van der Waals surface area contributed by atoms with Crippen LogP contribution in [0.25, 0.3) is 22.2 Å². The lowest BCUT2D eigenvalue weighted by molar-refractivity contribution is 0.415. The van der Waals surface area contributed by atoms with Crippen molar-refractivity contribution in [3.63, 3.8) is 0 Å². The van der Waals surface area contributed by atoms with Crippen LogP contribution < -0.4 is 9.04 Å². The molecule has 31 heavy (non-hydrogen) atoms. The molecule has 0 bridgehead atoms. The number of hydrogen-bond donors (Lipinski definition) is 0. The number of aryl methyl sites for hydroxylation is 1. The molecule has 1 aliphatic carbocycles. The summed E-state index contributed by atoms with van der Waals surface area (Å²) in [5.41, 5.74) is 3.77. The Bertz CT molecular complexity index is 1220. The number of nitriles is 1. The van der Waals surface area contributed by atoms with Gasteiger partial charge in [-0.2, -0.15) is 5.26 Å². The third-order valence-electron chi connectivity index (χ3n) is 5.57. The molecule has 1 aromatic heterocycles. The molecule has 0 spiro atoms. The maximum Gasteiger partial charge on any atom is 0.231 e. The summed E-state index contributed by atoms with van der Waals surface area (Å²) in [5, 5.41) is 10.6. The highest BCUT2D eigenvalue weighted by Crippen LogP contribution is 2.36. The average molecular weight is 440 g/mol. The molecule has 1 saturated carbocycles. The van der Waals surface area contributed by atoms with Crippen LogP contribution in [0, 0.1) is 17.2 Å². The highest BCUT2D eigenvalue weighted by atomic mass is 32.2. The number of methoxy groups -OCH3 is 1. The quantitative estimate of drug-likeness (QED) is 0.559. The van der Waals surface area contributed by atoms with Gasteiger partial charge in [-0.25, -0.2) is 8.42 Å². The van der Waals surface area contributed by atoms with Gasteiger partial charge >= 0.3 is 0 Å². The van der Waals surface area contributed by atoms with Crippen LogP contribution in [0.4, 0.5) is 5.69 Å². The van der Waals surface area contributed by atoms with Crippen LogP contribution in [0.15, 0.2) is 42.5 Å². The minimum Gasteiger partial charge on any atom is -0.497 e. The number of aromatic nitrogens is 1. The van der Waals surface area contributed by atoms with E-state index in [2.05, 4.69) is 17.6 Å². The van der Waals surface area contributed by atoms with E-state index in [1.165, 1.54) is 24.2 Å². The van der Waals surface area contributed by atoms with Crippen molar-refractivity contribution in [1.82, 2.24) is 4.57 Å². The first-order valence-corrected chi connectivity index (χ1v) is 12.2. The summed E-state index contributed by atoms with van der Waals surface area (Å²) in [4.78, 5) is 0. The van der Waals surface area contributed by atoms with Gasteiger partial charge in [-0.05, 0) is 42.7 Å². The van der Waals surface area contributed by atoms with E-state index in [1.54, 1.807) is 19.2 Å². The van der Waals surface area contributed by atoms with Crippen LogP contribution in [0.2, 0.25) is 0 Å². The fraction of sp³-hybridized carbons (Fsp3) is 0.375. The lowest BCUT2D eigenvalue weighted by atomic mass is 10.1. The van der Waals surface area contributed by atoms with E-state index in [-0.39, 0.29) is 0 Å². The van der Waals surface area contributed by atoms with Gasteiger partial charge in [0.15, 0.2) is 0 Å². The number of nitrogens with zero attached hydrogens (tertiary/aromatic N) is 3. The number of hydrogen-bond acceptors (Lipinski definition) is 4. The summed E-state index contributed by atoms with van der Waals surface area (Å²) >= 11 is 0.